The molecule has 3 heterocycles. The lowest BCUT2D eigenvalue weighted by molar-refractivity contribution is -0.133. The molecule has 2 N–H and O–H groups in total. The second-order valence-corrected chi connectivity index (χ2v) is 13.0. The Morgan fingerprint density at radius 1 is 0.711 bits per heavy atom. The van der Waals surface area contributed by atoms with Crippen molar-refractivity contribution in [2.75, 3.05) is 0 Å². The van der Waals surface area contributed by atoms with E-state index in [1.54, 1.807) is 12.1 Å². The topological polar surface area (TPSA) is 127 Å². The number of thiophene rings is 2. The third kappa shape index (κ3) is 7.07. The van der Waals surface area contributed by atoms with Gasteiger partial charge in [0.25, 0.3) is 0 Å². The summed E-state index contributed by atoms with van der Waals surface area (Å²) < 4.78 is 2.39. The number of nitriles is 2. The van der Waals surface area contributed by atoms with E-state index in [1.807, 2.05) is 24.3 Å². The molecule has 0 saturated carbocycles. The summed E-state index contributed by atoms with van der Waals surface area (Å²) >= 11 is 2.87. The molecule has 9 heteroatoms. The van der Waals surface area contributed by atoms with Gasteiger partial charge in [0, 0.05) is 47.9 Å². The summed E-state index contributed by atoms with van der Waals surface area (Å²) in [6.45, 7) is 3.13. The molecule has 45 heavy (non-hydrogen) atoms. The zero-order valence-electron chi connectivity index (χ0n) is 24.7. The lowest BCUT2D eigenvalue weighted by Crippen LogP contribution is -1.97. The minimum Gasteiger partial charge on any atom is -0.477 e. The fourth-order valence-corrected chi connectivity index (χ4v) is 7.34. The molecule has 0 atom stereocenters. The molecule has 0 radical (unpaired) electrons. The molecule has 5 rings (SSSR count). The van der Waals surface area contributed by atoms with E-state index in [9.17, 15) is 19.8 Å². The SMILES string of the molecule is CCCCCCCCn1c2ccc(-c3ccc(/C=C(/C#N)C(=O)O)s3)cc2c2cc(-c3ccc(/C=C(/C#N)C(=O)O)s3)ccc21. The van der Waals surface area contributed by atoms with Crippen LogP contribution in [0.15, 0.2) is 71.8 Å². The Labute approximate surface area is 269 Å². The van der Waals surface area contributed by atoms with Crippen LogP contribution in [0.4, 0.5) is 0 Å². The molecule has 0 unspecified atom stereocenters. The number of carboxylic acid groups (broad SMARTS) is 2. The largest absolute Gasteiger partial charge is 0.477 e. The molecule has 3 aromatic heterocycles. The van der Waals surface area contributed by atoms with Crippen molar-refractivity contribution >= 4 is 68.6 Å². The maximum atomic E-state index is 11.3. The fraction of sp³-hybridized carbons (Fsp3) is 0.222. The van der Waals surface area contributed by atoms with Crippen LogP contribution >= 0.6 is 22.7 Å². The van der Waals surface area contributed by atoms with Crippen LogP contribution in [0.5, 0.6) is 0 Å². The van der Waals surface area contributed by atoms with Crippen LogP contribution in [-0.2, 0) is 16.1 Å². The summed E-state index contributed by atoms with van der Waals surface area (Å²) in [4.78, 5) is 26.0. The predicted octanol–water partition coefficient (Wildman–Crippen LogP) is 9.60. The molecule has 226 valence electrons. The van der Waals surface area contributed by atoms with Crippen molar-refractivity contribution < 1.29 is 19.8 Å². The molecule has 0 amide bonds. The van der Waals surface area contributed by atoms with Gasteiger partial charge in [0.15, 0.2) is 0 Å². The highest BCUT2D eigenvalue weighted by molar-refractivity contribution is 7.16. The number of unbranched alkanes of at least 4 members (excludes halogenated alkanes) is 5. The van der Waals surface area contributed by atoms with Gasteiger partial charge < -0.3 is 14.8 Å². The number of nitrogens with zero attached hydrogens (tertiary/aromatic N) is 3. The van der Waals surface area contributed by atoms with Crippen LogP contribution in [0.1, 0.15) is 55.2 Å². The van der Waals surface area contributed by atoms with Gasteiger partial charge >= 0.3 is 11.9 Å². The summed E-state index contributed by atoms with van der Waals surface area (Å²) in [6, 6.07) is 23.9. The predicted molar refractivity (Wildman–Crippen MR) is 182 cm³/mol. The minimum absolute atomic E-state index is 0.303. The van der Waals surface area contributed by atoms with Gasteiger partial charge in [-0.15, -0.1) is 22.7 Å². The number of aromatic nitrogens is 1. The van der Waals surface area contributed by atoms with E-state index >= 15 is 0 Å². The summed E-state index contributed by atoms with van der Waals surface area (Å²) in [5.74, 6) is -2.49. The van der Waals surface area contributed by atoms with Gasteiger partial charge in [-0.1, -0.05) is 51.2 Å². The first kappa shape index (κ1) is 31.5. The second-order valence-electron chi connectivity index (χ2n) is 10.7. The first-order valence-electron chi connectivity index (χ1n) is 14.8. The molecular formula is C36H31N3O4S2. The minimum atomic E-state index is -1.25. The van der Waals surface area contributed by atoms with Crippen LogP contribution in [0, 0.1) is 22.7 Å². The quantitative estimate of drug-likeness (QED) is 0.0755. The average molecular weight is 634 g/mol. The van der Waals surface area contributed by atoms with Crippen molar-refractivity contribution in [3.05, 3.63) is 81.6 Å². The van der Waals surface area contributed by atoms with Crippen LogP contribution in [0.25, 0.3) is 54.8 Å². The molecule has 0 fully saturated rings. The molecule has 0 aliphatic rings. The number of hydrogen-bond donors (Lipinski definition) is 2. The average Bonchev–Trinajstić information content (AvgIpc) is 3.78. The zero-order valence-corrected chi connectivity index (χ0v) is 26.4. The number of fused-ring (bicyclic) bond motifs is 3. The number of rotatable bonds is 13. The highest BCUT2D eigenvalue weighted by Gasteiger charge is 2.15. The van der Waals surface area contributed by atoms with E-state index in [-0.39, 0.29) is 11.1 Å². The Balaban J connectivity index is 1.56. The summed E-state index contributed by atoms with van der Waals surface area (Å²) in [5.41, 5.74) is 3.69. The lowest BCUT2D eigenvalue weighted by atomic mass is 10.1. The van der Waals surface area contributed by atoms with Crippen molar-refractivity contribution in [1.29, 1.82) is 10.5 Å². The molecule has 7 nitrogen and oxygen atoms in total. The standard InChI is InChI=1S/C36H31N3O4S2/c1-2-3-4-5-6-7-16-39-31-12-8-23(33-14-10-27(44-33)17-25(21-37)35(40)41)19-29(31)30-20-24(9-13-32(30)39)34-15-11-28(45-34)18-26(22-38)36(42)43/h8-15,17-20H,2-7,16H2,1H3,(H,40,41)(H,42,43)/b25-17-,26-18-. The molecule has 5 aromatic rings. The first-order valence-corrected chi connectivity index (χ1v) is 16.4. The molecule has 0 aliphatic heterocycles. The molecular weight excluding hydrogens is 603 g/mol. The van der Waals surface area contributed by atoms with Gasteiger partial charge in [0.2, 0.25) is 0 Å². The van der Waals surface area contributed by atoms with E-state index in [0.29, 0.717) is 9.75 Å². The van der Waals surface area contributed by atoms with E-state index in [0.717, 1.165) is 55.7 Å². The van der Waals surface area contributed by atoms with E-state index in [4.69, 9.17) is 10.5 Å². The highest BCUT2D eigenvalue weighted by Crippen LogP contribution is 2.39. The summed E-state index contributed by atoms with van der Waals surface area (Å²) in [6.07, 6.45) is 10.0. The lowest BCUT2D eigenvalue weighted by Gasteiger charge is -2.08. The van der Waals surface area contributed by atoms with E-state index in [1.165, 1.54) is 66.9 Å². The number of aryl methyl sites for hydroxylation is 1. The number of benzene rings is 2. The smallest absolute Gasteiger partial charge is 0.346 e. The summed E-state index contributed by atoms with van der Waals surface area (Å²) in [5, 5.41) is 39.0. The summed E-state index contributed by atoms with van der Waals surface area (Å²) in [7, 11) is 0. The number of aliphatic carboxylic acids is 2. The van der Waals surface area contributed by atoms with Crippen LogP contribution in [0.2, 0.25) is 0 Å². The Hall–Kier alpha value is -4.96. The molecule has 0 bridgehead atoms. The third-order valence-electron chi connectivity index (χ3n) is 7.70. The van der Waals surface area contributed by atoms with Gasteiger partial charge in [0.1, 0.15) is 23.3 Å². The van der Waals surface area contributed by atoms with Crippen LogP contribution in [-0.4, -0.2) is 26.7 Å². The monoisotopic (exact) mass is 633 g/mol. The Kier molecular flexibility index (Phi) is 9.94. The van der Waals surface area contributed by atoms with Crippen LogP contribution < -0.4 is 0 Å². The van der Waals surface area contributed by atoms with Crippen molar-refractivity contribution in [3.8, 4) is 33.0 Å². The maximum absolute atomic E-state index is 11.3. The van der Waals surface area contributed by atoms with Gasteiger partial charge in [0.05, 0.1) is 0 Å². The van der Waals surface area contributed by atoms with Crippen molar-refractivity contribution in [3.63, 3.8) is 0 Å². The fourth-order valence-electron chi connectivity index (χ4n) is 5.44. The third-order valence-corrected chi connectivity index (χ3v) is 9.86. The Morgan fingerprint density at radius 3 is 1.62 bits per heavy atom. The molecule has 2 aromatic carbocycles. The zero-order chi connectivity index (χ0) is 31.9. The normalized spacial score (nSPS) is 12.0. The van der Waals surface area contributed by atoms with E-state index in [2.05, 4.69) is 47.9 Å². The Morgan fingerprint density at radius 2 is 1.18 bits per heavy atom. The van der Waals surface area contributed by atoms with Gasteiger partial charge in [-0.3, -0.25) is 0 Å². The Bertz CT molecular complexity index is 1910. The first-order chi connectivity index (χ1) is 21.8. The van der Waals surface area contributed by atoms with Crippen LogP contribution in [0.3, 0.4) is 0 Å². The van der Waals surface area contributed by atoms with Crippen molar-refractivity contribution in [2.24, 2.45) is 0 Å². The van der Waals surface area contributed by atoms with Gasteiger partial charge in [-0.25, -0.2) is 9.59 Å². The highest BCUT2D eigenvalue weighted by atomic mass is 32.1. The molecule has 0 aliphatic carbocycles. The van der Waals surface area contributed by atoms with Crippen molar-refractivity contribution in [2.45, 2.75) is 52.0 Å². The second kappa shape index (κ2) is 14.2. The van der Waals surface area contributed by atoms with Gasteiger partial charge in [-0.05, 0) is 78.2 Å². The number of carboxylic acids is 2. The van der Waals surface area contributed by atoms with Gasteiger partial charge in [-0.2, -0.15) is 10.5 Å². The van der Waals surface area contributed by atoms with E-state index < -0.39 is 11.9 Å². The van der Waals surface area contributed by atoms with Crippen molar-refractivity contribution in [1.82, 2.24) is 4.57 Å². The molecule has 0 spiro atoms. The molecule has 0 saturated heterocycles. The number of carbonyl (C=O) groups is 2. The maximum Gasteiger partial charge on any atom is 0.346 e. The number of hydrogen-bond acceptors (Lipinski definition) is 6.